The van der Waals surface area contributed by atoms with Gasteiger partial charge in [0.25, 0.3) is 0 Å². The summed E-state index contributed by atoms with van der Waals surface area (Å²) in [5.41, 5.74) is 12.2. The van der Waals surface area contributed by atoms with E-state index in [1.807, 2.05) is 24.3 Å². The minimum Gasteiger partial charge on any atom is -0.497 e. The summed E-state index contributed by atoms with van der Waals surface area (Å²) in [6, 6.07) is 19.7. The highest BCUT2D eigenvalue weighted by atomic mass is 16.5. The Kier molecular flexibility index (Phi) is 7.02. The second kappa shape index (κ2) is 10.5. The number of benzene rings is 2. The van der Waals surface area contributed by atoms with Crippen LogP contribution >= 0.6 is 0 Å². The molecule has 7 heteroatoms. The molecule has 2 aromatic heterocycles. The molecule has 0 unspecified atom stereocenters. The number of fused-ring (bicyclic) bond motifs is 1. The van der Waals surface area contributed by atoms with E-state index in [0.717, 1.165) is 72.9 Å². The number of rotatable bonds is 7. The van der Waals surface area contributed by atoms with Gasteiger partial charge in [0.2, 0.25) is 5.91 Å². The lowest BCUT2D eigenvalue weighted by Crippen LogP contribution is -2.30. The summed E-state index contributed by atoms with van der Waals surface area (Å²) in [5, 5.41) is 0. The van der Waals surface area contributed by atoms with Crippen LogP contribution in [0.5, 0.6) is 5.75 Å². The quantitative estimate of drug-likeness (QED) is 0.431. The van der Waals surface area contributed by atoms with Crippen LogP contribution in [-0.4, -0.2) is 72.0 Å². The van der Waals surface area contributed by atoms with Gasteiger partial charge < -0.3 is 24.7 Å². The molecule has 1 amide bonds. The van der Waals surface area contributed by atoms with Gasteiger partial charge in [0.15, 0.2) is 0 Å². The molecule has 1 aliphatic rings. The molecule has 4 aromatic rings. The van der Waals surface area contributed by atoms with E-state index in [9.17, 15) is 4.79 Å². The number of amides is 1. The number of likely N-dealkylation sites (N-methyl/N-ethyl adjacent to an activating group) is 1. The molecule has 1 aliphatic heterocycles. The van der Waals surface area contributed by atoms with E-state index in [1.54, 1.807) is 19.2 Å². The molecule has 1 saturated heterocycles. The minimum atomic E-state index is -0.419. The predicted octanol–water partition coefficient (Wildman–Crippen LogP) is 3.96. The Morgan fingerprint density at radius 2 is 1.64 bits per heavy atom. The van der Waals surface area contributed by atoms with Gasteiger partial charge in [0, 0.05) is 43.4 Å². The number of hydrogen-bond donors (Lipinski definition) is 1. The fourth-order valence-electron chi connectivity index (χ4n) is 4.90. The highest BCUT2D eigenvalue weighted by Gasteiger charge is 2.18. The lowest BCUT2D eigenvalue weighted by atomic mass is 10.1. The Labute approximate surface area is 212 Å². The summed E-state index contributed by atoms with van der Waals surface area (Å²) < 4.78 is 7.59. The number of ether oxygens (including phenoxy) is 1. The molecule has 7 nitrogen and oxygen atoms in total. The van der Waals surface area contributed by atoms with Crippen molar-refractivity contribution in [3.05, 3.63) is 78.1 Å². The molecule has 0 aliphatic carbocycles. The summed E-state index contributed by atoms with van der Waals surface area (Å²) in [4.78, 5) is 21.5. The summed E-state index contributed by atoms with van der Waals surface area (Å²) in [5.74, 6) is 0.414. The molecule has 0 saturated carbocycles. The Bertz CT molecular complexity index is 1340. The molecular formula is C29H33N5O2. The van der Waals surface area contributed by atoms with Crippen molar-refractivity contribution in [1.29, 1.82) is 0 Å². The maximum atomic E-state index is 11.5. The lowest BCUT2D eigenvalue weighted by Gasteiger charge is -2.20. The second-order valence-electron chi connectivity index (χ2n) is 9.47. The number of carbonyl (C=O) groups excluding carboxylic acids is 1. The first-order valence-corrected chi connectivity index (χ1v) is 12.5. The van der Waals surface area contributed by atoms with Crippen molar-refractivity contribution >= 4 is 11.6 Å². The molecule has 36 heavy (non-hydrogen) atoms. The van der Waals surface area contributed by atoms with E-state index < -0.39 is 5.91 Å². The number of nitrogens with two attached hydrogens (primary N) is 1. The van der Waals surface area contributed by atoms with Gasteiger partial charge in [0.05, 0.1) is 18.5 Å². The Hall–Kier alpha value is -3.68. The van der Waals surface area contributed by atoms with Crippen LogP contribution in [0.3, 0.4) is 0 Å². The number of nitrogens with zero attached hydrogens (tertiary/aromatic N) is 4. The minimum absolute atomic E-state index is 0.419. The van der Waals surface area contributed by atoms with E-state index in [1.165, 1.54) is 12.1 Å². The standard InChI is InChI=1S/C29H33N5O2/c1-32-15-3-16-33(19-18-32)17-14-26-28(22-8-11-25(36-2)12-9-22)31-27-13-10-24(20-34(26)27)21-4-6-23(7-5-21)29(30)35/h4-13,20H,3,14-19H2,1-2H3,(H2,30,35). The van der Waals surface area contributed by atoms with Crippen LogP contribution in [0.15, 0.2) is 66.9 Å². The third-order valence-corrected chi connectivity index (χ3v) is 7.06. The number of methoxy groups -OCH3 is 1. The number of aromatic nitrogens is 2. The van der Waals surface area contributed by atoms with Crippen molar-refractivity contribution in [2.75, 3.05) is 46.9 Å². The Morgan fingerprint density at radius 3 is 2.36 bits per heavy atom. The molecule has 186 valence electrons. The summed E-state index contributed by atoms with van der Waals surface area (Å²) in [7, 11) is 3.88. The summed E-state index contributed by atoms with van der Waals surface area (Å²) in [6.45, 7) is 5.45. The number of pyridine rings is 1. The smallest absolute Gasteiger partial charge is 0.248 e. The highest BCUT2D eigenvalue weighted by molar-refractivity contribution is 5.93. The Balaban J connectivity index is 1.52. The van der Waals surface area contributed by atoms with Gasteiger partial charge in [-0.3, -0.25) is 4.79 Å². The number of hydrogen-bond acceptors (Lipinski definition) is 5. The molecule has 0 radical (unpaired) electrons. The molecular weight excluding hydrogens is 450 g/mol. The van der Waals surface area contributed by atoms with Crippen LogP contribution in [0.2, 0.25) is 0 Å². The third kappa shape index (κ3) is 5.12. The van der Waals surface area contributed by atoms with Crippen molar-refractivity contribution in [2.24, 2.45) is 5.73 Å². The highest BCUT2D eigenvalue weighted by Crippen LogP contribution is 2.29. The van der Waals surface area contributed by atoms with Crippen LogP contribution in [0.25, 0.3) is 28.0 Å². The van der Waals surface area contributed by atoms with Gasteiger partial charge in [-0.1, -0.05) is 12.1 Å². The van der Waals surface area contributed by atoms with E-state index in [0.29, 0.717) is 5.56 Å². The molecule has 5 rings (SSSR count). The first-order valence-electron chi connectivity index (χ1n) is 12.5. The van der Waals surface area contributed by atoms with Crippen LogP contribution in [0.1, 0.15) is 22.5 Å². The van der Waals surface area contributed by atoms with Crippen molar-refractivity contribution in [3.8, 4) is 28.1 Å². The van der Waals surface area contributed by atoms with E-state index >= 15 is 0 Å². The zero-order chi connectivity index (χ0) is 25.1. The van der Waals surface area contributed by atoms with Crippen molar-refractivity contribution in [3.63, 3.8) is 0 Å². The number of imidazole rings is 1. The zero-order valence-corrected chi connectivity index (χ0v) is 21.0. The van der Waals surface area contributed by atoms with Crippen molar-refractivity contribution < 1.29 is 9.53 Å². The largest absolute Gasteiger partial charge is 0.497 e. The van der Waals surface area contributed by atoms with Gasteiger partial charge in [-0.15, -0.1) is 0 Å². The maximum absolute atomic E-state index is 11.5. The molecule has 2 aromatic carbocycles. The molecule has 2 N–H and O–H groups in total. The van der Waals surface area contributed by atoms with Gasteiger partial charge >= 0.3 is 0 Å². The normalized spacial score (nSPS) is 15.2. The average Bonchev–Trinajstić information content (AvgIpc) is 3.14. The third-order valence-electron chi connectivity index (χ3n) is 7.06. The molecule has 1 fully saturated rings. The van der Waals surface area contributed by atoms with Crippen LogP contribution in [0.4, 0.5) is 0 Å². The van der Waals surface area contributed by atoms with Crippen LogP contribution in [-0.2, 0) is 6.42 Å². The van der Waals surface area contributed by atoms with Crippen LogP contribution < -0.4 is 10.5 Å². The van der Waals surface area contributed by atoms with E-state index in [2.05, 4.69) is 51.7 Å². The monoisotopic (exact) mass is 483 g/mol. The summed E-state index contributed by atoms with van der Waals surface area (Å²) >= 11 is 0. The SMILES string of the molecule is COc1ccc(-c2nc3ccc(-c4ccc(C(N)=O)cc4)cn3c2CCN2CCCN(C)CC2)cc1. The summed E-state index contributed by atoms with van der Waals surface area (Å²) in [6.07, 6.45) is 4.25. The maximum Gasteiger partial charge on any atom is 0.248 e. The molecule has 0 spiro atoms. The van der Waals surface area contributed by atoms with Gasteiger partial charge in [0.1, 0.15) is 11.4 Å². The van der Waals surface area contributed by atoms with Gasteiger partial charge in [-0.05, 0) is 86.2 Å². The number of carbonyl (C=O) groups is 1. The topological polar surface area (TPSA) is 76.1 Å². The Morgan fingerprint density at radius 1 is 0.917 bits per heavy atom. The second-order valence-corrected chi connectivity index (χ2v) is 9.47. The van der Waals surface area contributed by atoms with Gasteiger partial charge in [-0.25, -0.2) is 4.98 Å². The lowest BCUT2D eigenvalue weighted by molar-refractivity contribution is 0.100. The average molecular weight is 484 g/mol. The first-order chi connectivity index (χ1) is 17.5. The zero-order valence-electron chi connectivity index (χ0n) is 21.0. The fraction of sp³-hybridized carbons (Fsp3) is 0.310. The fourth-order valence-corrected chi connectivity index (χ4v) is 4.90. The van der Waals surface area contributed by atoms with E-state index in [4.69, 9.17) is 15.5 Å². The molecule has 0 atom stereocenters. The predicted molar refractivity (Wildman–Crippen MR) is 143 cm³/mol. The molecule has 3 heterocycles. The van der Waals surface area contributed by atoms with Crippen molar-refractivity contribution in [1.82, 2.24) is 19.2 Å². The molecule has 0 bridgehead atoms. The van der Waals surface area contributed by atoms with Crippen molar-refractivity contribution in [2.45, 2.75) is 12.8 Å². The van der Waals surface area contributed by atoms with Crippen LogP contribution in [0, 0.1) is 0 Å². The number of primary amides is 1. The van der Waals surface area contributed by atoms with E-state index in [-0.39, 0.29) is 0 Å². The van der Waals surface area contributed by atoms with Gasteiger partial charge in [-0.2, -0.15) is 0 Å². The first kappa shape index (κ1) is 24.0.